The van der Waals surface area contributed by atoms with Gasteiger partial charge in [-0.1, -0.05) is 0 Å². The molecule has 7 N–H and O–H groups in total. The summed E-state index contributed by atoms with van der Waals surface area (Å²) < 4.78 is 0. The second kappa shape index (κ2) is 8.03. The molecule has 0 unspecified atom stereocenters. The molecule has 0 spiro atoms. The molecular formula is C10H18N4O5. The van der Waals surface area contributed by atoms with Gasteiger partial charge in [-0.15, -0.1) is 0 Å². The van der Waals surface area contributed by atoms with Crippen molar-refractivity contribution in [2.45, 2.75) is 31.8 Å². The minimum atomic E-state index is -1.22. The summed E-state index contributed by atoms with van der Waals surface area (Å²) in [5.41, 5.74) is 10.3. The molecule has 2 atom stereocenters. The standard InChI is InChI=1S/C10H18N4O5/c1-5(11)9(18)14-6(2-3-7(12)15)10(19)13-4-8(16)17/h5-6H,2-4,11H2,1H3,(H2,12,15)(H,13,19)(H,14,18)(H,16,17)/t5-,6-/m0/s1. The van der Waals surface area contributed by atoms with Gasteiger partial charge < -0.3 is 27.2 Å². The molecular weight excluding hydrogens is 256 g/mol. The summed E-state index contributed by atoms with van der Waals surface area (Å²) in [7, 11) is 0. The average Bonchev–Trinajstić information content (AvgIpc) is 2.30. The van der Waals surface area contributed by atoms with Crippen LogP contribution in [0.2, 0.25) is 0 Å². The van der Waals surface area contributed by atoms with Crippen LogP contribution in [0.4, 0.5) is 0 Å². The monoisotopic (exact) mass is 274 g/mol. The van der Waals surface area contributed by atoms with E-state index in [1.165, 1.54) is 6.92 Å². The van der Waals surface area contributed by atoms with Gasteiger partial charge in [0.05, 0.1) is 6.04 Å². The van der Waals surface area contributed by atoms with E-state index in [-0.39, 0.29) is 12.8 Å². The van der Waals surface area contributed by atoms with Crippen LogP contribution in [0.1, 0.15) is 19.8 Å². The Labute approximate surface area is 109 Å². The average molecular weight is 274 g/mol. The predicted molar refractivity (Wildman–Crippen MR) is 64.7 cm³/mol. The predicted octanol–water partition coefficient (Wildman–Crippen LogP) is -2.72. The van der Waals surface area contributed by atoms with Crippen LogP contribution in [0.3, 0.4) is 0 Å². The molecule has 108 valence electrons. The van der Waals surface area contributed by atoms with Crippen molar-refractivity contribution in [1.82, 2.24) is 10.6 Å². The zero-order valence-electron chi connectivity index (χ0n) is 10.5. The number of carboxylic acid groups (broad SMARTS) is 1. The molecule has 9 heteroatoms. The summed E-state index contributed by atoms with van der Waals surface area (Å²) in [5.74, 6) is -3.15. The largest absolute Gasteiger partial charge is 0.480 e. The Bertz CT molecular complexity index is 369. The zero-order chi connectivity index (χ0) is 15.0. The van der Waals surface area contributed by atoms with Crippen LogP contribution in [0.25, 0.3) is 0 Å². The molecule has 19 heavy (non-hydrogen) atoms. The first kappa shape index (κ1) is 16.8. The molecule has 0 fully saturated rings. The highest BCUT2D eigenvalue weighted by Gasteiger charge is 2.22. The third kappa shape index (κ3) is 7.71. The molecule has 0 saturated heterocycles. The van der Waals surface area contributed by atoms with Gasteiger partial charge in [0, 0.05) is 6.42 Å². The van der Waals surface area contributed by atoms with Gasteiger partial charge in [-0.05, 0) is 13.3 Å². The lowest BCUT2D eigenvalue weighted by Gasteiger charge is -2.18. The van der Waals surface area contributed by atoms with Crippen LogP contribution in [0.5, 0.6) is 0 Å². The lowest BCUT2D eigenvalue weighted by atomic mass is 10.1. The minimum Gasteiger partial charge on any atom is -0.480 e. The van der Waals surface area contributed by atoms with E-state index >= 15 is 0 Å². The number of carboxylic acids is 1. The van der Waals surface area contributed by atoms with Crippen LogP contribution in [-0.4, -0.2) is 47.4 Å². The van der Waals surface area contributed by atoms with Gasteiger partial charge in [-0.3, -0.25) is 19.2 Å². The van der Waals surface area contributed by atoms with E-state index in [1.54, 1.807) is 0 Å². The maximum absolute atomic E-state index is 11.6. The van der Waals surface area contributed by atoms with E-state index in [0.29, 0.717) is 0 Å². The fraction of sp³-hybridized carbons (Fsp3) is 0.600. The van der Waals surface area contributed by atoms with Gasteiger partial charge in [0.15, 0.2) is 0 Å². The Hall–Kier alpha value is -2.16. The van der Waals surface area contributed by atoms with Crippen molar-refractivity contribution >= 4 is 23.7 Å². The number of carbonyl (C=O) groups is 4. The fourth-order valence-corrected chi connectivity index (χ4v) is 1.14. The summed E-state index contributed by atoms with van der Waals surface area (Å²) in [6.45, 7) is 0.843. The molecule has 0 aliphatic heterocycles. The van der Waals surface area contributed by atoms with Gasteiger partial charge in [-0.25, -0.2) is 0 Å². The molecule has 0 heterocycles. The van der Waals surface area contributed by atoms with Crippen LogP contribution in [0, 0.1) is 0 Å². The summed E-state index contributed by atoms with van der Waals surface area (Å²) >= 11 is 0. The molecule has 0 rings (SSSR count). The highest BCUT2D eigenvalue weighted by atomic mass is 16.4. The zero-order valence-corrected chi connectivity index (χ0v) is 10.5. The van der Waals surface area contributed by atoms with Crippen molar-refractivity contribution < 1.29 is 24.3 Å². The lowest BCUT2D eigenvalue weighted by molar-refractivity contribution is -0.138. The summed E-state index contributed by atoms with van der Waals surface area (Å²) in [6, 6.07) is -1.88. The lowest BCUT2D eigenvalue weighted by Crippen LogP contribution is -2.51. The van der Waals surface area contributed by atoms with Gasteiger partial charge in [0.1, 0.15) is 12.6 Å². The highest BCUT2D eigenvalue weighted by molar-refractivity contribution is 5.91. The summed E-state index contributed by atoms with van der Waals surface area (Å²) in [5, 5.41) is 12.9. The van der Waals surface area contributed by atoms with Crippen molar-refractivity contribution in [2.75, 3.05) is 6.54 Å². The van der Waals surface area contributed by atoms with E-state index in [4.69, 9.17) is 16.6 Å². The number of rotatable bonds is 8. The molecule has 0 aromatic heterocycles. The van der Waals surface area contributed by atoms with Crippen molar-refractivity contribution in [1.29, 1.82) is 0 Å². The summed E-state index contributed by atoms with van der Waals surface area (Å²) in [4.78, 5) is 44.0. The van der Waals surface area contributed by atoms with Crippen molar-refractivity contribution in [3.63, 3.8) is 0 Å². The fourth-order valence-electron chi connectivity index (χ4n) is 1.14. The maximum Gasteiger partial charge on any atom is 0.322 e. The van der Waals surface area contributed by atoms with Gasteiger partial charge >= 0.3 is 5.97 Å². The van der Waals surface area contributed by atoms with Gasteiger partial charge in [0.2, 0.25) is 17.7 Å². The number of hydrogen-bond donors (Lipinski definition) is 5. The molecule has 0 aliphatic carbocycles. The normalized spacial score (nSPS) is 13.2. The van der Waals surface area contributed by atoms with Crippen LogP contribution in [-0.2, 0) is 19.2 Å². The van der Waals surface area contributed by atoms with E-state index in [1.807, 2.05) is 0 Å². The van der Waals surface area contributed by atoms with Crippen molar-refractivity contribution in [3.8, 4) is 0 Å². The molecule has 0 aromatic carbocycles. The van der Waals surface area contributed by atoms with Crippen LogP contribution in [0.15, 0.2) is 0 Å². The minimum absolute atomic E-state index is 0.0285. The first-order chi connectivity index (χ1) is 8.73. The van der Waals surface area contributed by atoms with E-state index in [9.17, 15) is 19.2 Å². The number of hydrogen-bond acceptors (Lipinski definition) is 5. The Morgan fingerprint density at radius 3 is 2.21 bits per heavy atom. The third-order valence-electron chi connectivity index (χ3n) is 2.14. The topological polar surface area (TPSA) is 165 Å². The van der Waals surface area contributed by atoms with Gasteiger partial charge in [-0.2, -0.15) is 0 Å². The first-order valence-electron chi connectivity index (χ1n) is 5.57. The van der Waals surface area contributed by atoms with E-state index < -0.39 is 42.3 Å². The molecule has 3 amide bonds. The molecule has 9 nitrogen and oxygen atoms in total. The van der Waals surface area contributed by atoms with Crippen molar-refractivity contribution in [3.05, 3.63) is 0 Å². The number of carbonyl (C=O) groups excluding carboxylic acids is 3. The highest BCUT2D eigenvalue weighted by Crippen LogP contribution is 1.98. The summed E-state index contributed by atoms with van der Waals surface area (Å²) in [6.07, 6.45) is -0.149. The Kier molecular flexibility index (Phi) is 7.12. The number of primary amides is 1. The molecule has 0 bridgehead atoms. The molecule has 0 aromatic rings. The Morgan fingerprint density at radius 1 is 1.21 bits per heavy atom. The van der Waals surface area contributed by atoms with Gasteiger partial charge in [0.25, 0.3) is 0 Å². The van der Waals surface area contributed by atoms with E-state index in [2.05, 4.69) is 10.6 Å². The Morgan fingerprint density at radius 2 is 1.79 bits per heavy atom. The number of nitrogens with two attached hydrogens (primary N) is 2. The smallest absolute Gasteiger partial charge is 0.322 e. The second-order valence-electron chi connectivity index (χ2n) is 3.97. The van der Waals surface area contributed by atoms with Crippen LogP contribution >= 0.6 is 0 Å². The quantitative estimate of drug-likeness (QED) is 0.322. The molecule has 0 radical (unpaired) electrons. The molecule has 0 aliphatic rings. The second-order valence-corrected chi connectivity index (χ2v) is 3.97. The number of amides is 3. The SMILES string of the molecule is C[C@H](N)C(=O)N[C@@H](CCC(N)=O)C(=O)NCC(=O)O. The first-order valence-corrected chi connectivity index (χ1v) is 5.57. The van der Waals surface area contributed by atoms with Crippen LogP contribution < -0.4 is 22.1 Å². The maximum atomic E-state index is 11.6. The Balaban J connectivity index is 4.55. The number of nitrogens with one attached hydrogen (secondary N) is 2. The van der Waals surface area contributed by atoms with Crippen molar-refractivity contribution in [2.24, 2.45) is 11.5 Å². The van der Waals surface area contributed by atoms with E-state index in [0.717, 1.165) is 0 Å². The molecule has 0 saturated carbocycles. The number of aliphatic carboxylic acids is 1. The third-order valence-corrected chi connectivity index (χ3v) is 2.14.